The number of aliphatic hydroxyl groups excluding tert-OH is 1. The first-order valence-electron chi connectivity index (χ1n) is 7.43. The molecule has 0 saturated heterocycles. The van der Waals surface area contributed by atoms with Crippen LogP contribution < -0.4 is 10.6 Å². The van der Waals surface area contributed by atoms with E-state index in [0.717, 1.165) is 30.0 Å². The zero-order valence-corrected chi connectivity index (χ0v) is 15.4. The lowest BCUT2D eigenvalue weighted by Gasteiger charge is -2.12. The maximum absolute atomic E-state index is 10.3. The van der Waals surface area contributed by atoms with Gasteiger partial charge in [-0.05, 0) is 36.2 Å². The molecule has 3 N–H and O–H groups in total. The van der Waals surface area contributed by atoms with Gasteiger partial charge in [0.15, 0.2) is 5.96 Å². The largest absolute Gasteiger partial charge is 0.386 e. The van der Waals surface area contributed by atoms with Gasteiger partial charge in [-0.1, -0.05) is 36.4 Å². The van der Waals surface area contributed by atoms with Crippen LogP contribution in [-0.2, 0) is 0 Å². The Morgan fingerprint density at radius 3 is 2.32 bits per heavy atom. The Morgan fingerprint density at radius 2 is 1.68 bits per heavy atom. The molecular weight excluding hydrogens is 389 g/mol. The molecule has 0 spiro atoms. The summed E-state index contributed by atoms with van der Waals surface area (Å²) in [5.41, 5.74) is 0.893. The summed E-state index contributed by atoms with van der Waals surface area (Å²) in [5, 5.41) is 18.9. The number of hydrogen-bond acceptors (Lipinski definition) is 2. The lowest BCUT2D eigenvalue weighted by Crippen LogP contribution is -2.37. The molecule has 1 unspecified atom stereocenters. The summed E-state index contributed by atoms with van der Waals surface area (Å²) in [5.74, 6) is 0.736. The van der Waals surface area contributed by atoms with E-state index in [2.05, 4.69) is 27.8 Å². The Labute approximate surface area is 149 Å². The number of hydrogen-bond donors (Lipinski definition) is 3. The quantitative estimate of drug-likeness (QED) is 0.401. The van der Waals surface area contributed by atoms with Crippen LogP contribution in [0.15, 0.2) is 47.5 Å². The number of aliphatic imine (C=N–C) groups is 1. The Morgan fingerprint density at radius 1 is 1.05 bits per heavy atom. The molecule has 22 heavy (non-hydrogen) atoms. The van der Waals surface area contributed by atoms with Crippen LogP contribution in [0, 0.1) is 0 Å². The molecular formula is C17H24IN3O. The van der Waals surface area contributed by atoms with Crippen LogP contribution in [0.5, 0.6) is 0 Å². The van der Waals surface area contributed by atoms with E-state index in [1.807, 2.05) is 44.2 Å². The lowest BCUT2D eigenvalue weighted by molar-refractivity contribution is 0.187. The van der Waals surface area contributed by atoms with E-state index in [0.29, 0.717) is 6.54 Å². The van der Waals surface area contributed by atoms with Crippen LogP contribution in [0.3, 0.4) is 0 Å². The average Bonchev–Trinajstić information content (AvgIpc) is 2.52. The Balaban J connectivity index is 0.00000242. The average molecular weight is 413 g/mol. The van der Waals surface area contributed by atoms with E-state index in [1.54, 1.807) is 0 Å². The summed E-state index contributed by atoms with van der Waals surface area (Å²) in [6.07, 6.45) is -0.595. The van der Waals surface area contributed by atoms with Gasteiger partial charge in [0.2, 0.25) is 0 Å². The second kappa shape index (κ2) is 9.63. The number of benzene rings is 2. The van der Waals surface area contributed by atoms with Crippen LogP contribution in [0.4, 0.5) is 0 Å². The fourth-order valence-electron chi connectivity index (χ4n) is 2.21. The smallest absolute Gasteiger partial charge is 0.191 e. The molecule has 0 aromatic heterocycles. The van der Waals surface area contributed by atoms with Crippen LogP contribution in [0.1, 0.15) is 25.5 Å². The summed E-state index contributed by atoms with van der Waals surface area (Å²) < 4.78 is 0. The van der Waals surface area contributed by atoms with Crippen molar-refractivity contribution in [2.45, 2.75) is 20.0 Å². The van der Waals surface area contributed by atoms with Crippen LogP contribution >= 0.6 is 24.0 Å². The lowest BCUT2D eigenvalue weighted by atomic mass is 10.0. The number of halogens is 1. The van der Waals surface area contributed by atoms with E-state index < -0.39 is 6.10 Å². The standard InChI is InChI=1S/C17H23N3O.HI/c1-3-18-17(19-4-2)20-12-16(21)15-10-9-13-7-5-6-8-14(13)11-15;/h5-11,16,21H,3-4,12H2,1-2H3,(H2,18,19,20);1H. The Bertz CT molecular complexity index is 608. The van der Waals surface area contributed by atoms with Crippen molar-refractivity contribution in [1.29, 1.82) is 0 Å². The molecule has 120 valence electrons. The summed E-state index contributed by atoms with van der Waals surface area (Å²) in [6.45, 7) is 5.99. The predicted octanol–water partition coefficient (Wildman–Crippen LogP) is 3.07. The summed E-state index contributed by atoms with van der Waals surface area (Å²) in [6, 6.07) is 14.2. The molecule has 0 radical (unpaired) electrons. The Hall–Kier alpha value is -1.34. The normalized spacial score (nSPS) is 11.4. The van der Waals surface area contributed by atoms with E-state index in [-0.39, 0.29) is 24.0 Å². The van der Waals surface area contributed by atoms with Gasteiger partial charge in [0.25, 0.3) is 0 Å². The summed E-state index contributed by atoms with van der Waals surface area (Å²) >= 11 is 0. The fourth-order valence-corrected chi connectivity index (χ4v) is 2.21. The van der Waals surface area contributed by atoms with E-state index in [1.165, 1.54) is 5.39 Å². The number of aliphatic hydroxyl groups is 1. The molecule has 2 aromatic carbocycles. The van der Waals surface area contributed by atoms with Crippen molar-refractivity contribution in [2.24, 2.45) is 4.99 Å². The molecule has 0 amide bonds. The van der Waals surface area contributed by atoms with E-state index in [9.17, 15) is 5.11 Å². The van der Waals surface area contributed by atoms with Gasteiger partial charge in [0.05, 0.1) is 12.6 Å². The minimum absolute atomic E-state index is 0. The zero-order chi connectivity index (χ0) is 15.1. The maximum Gasteiger partial charge on any atom is 0.191 e. The molecule has 0 aliphatic carbocycles. The summed E-state index contributed by atoms with van der Waals surface area (Å²) in [7, 11) is 0. The molecule has 0 aliphatic heterocycles. The van der Waals surface area contributed by atoms with Crippen molar-refractivity contribution < 1.29 is 5.11 Å². The highest BCUT2D eigenvalue weighted by atomic mass is 127. The molecule has 0 heterocycles. The third-order valence-electron chi connectivity index (χ3n) is 3.27. The molecule has 2 aromatic rings. The third kappa shape index (κ3) is 5.14. The molecule has 0 fully saturated rings. The highest BCUT2D eigenvalue weighted by Crippen LogP contribution is 2.20. The minimum Gasteiger partial charge on any atom is -0.386 e. The zero-order valence-electron chi connectivity index (χ0n) is 13.0. The number of rotatable bonds is 5. The maximum atomic E-state index is 10.3. The number of fused-ring (bicyclic) bond motifs is 1. The van der Waals surface area contributed by atoms with Gasteiger partial charge >= 0.3 is 0 Å². The molecule has 0 saturated carbocycles. The second-order valence-electron chi connectivity index (χ2n) is 4.87. The first-order chi connectivity index (χ1) is 10.2. The molecule has 5 heteroatoms. The van der Waals surface area contributed by atoms with Crippen LogP contribution in [0.25, 0.3) is 10.8 Å². The number of nitrogens with one attached hydrogen (secondary N) is 2. The number of nitrogens with zero attached hydrogens (tertiary/aromatic N) is 1. The van der Waals surface area contributed by atoms with Gasteiger partial charge < -0.3 is 15.7 Å². The molecule has 2 rings (SSSR count). The van der Waals surface area contributed by atoms with Gasteiger partial charge in [-0.2, -0.15) is 0 Å². The highest BCUT2D eigenvalue weighted by Gasteiger charge is 2.08. The van der Waals surface area contributed by atoms with Gasteiger partial charge in [-0.3, -0.25) is 4.99 Å². The molecule has 4 nitrogen and oxygen atoms in total. The fraction of sp³-hybridized carbons (Fsp3) is 0.353. The van der Waals surface area contributed by atoms with Crippen molar-refractivity contribution in [1.82, 2.24) is 10.6 Å². The van der Waals surface area contributed by atoms with Crippen LogP contribution in [0.2, 0.25) is 0 Å². The molecule has 1 atom stereocenters. The summed E-state index contributed by atoms with van der Waals surface area (Å²) in [4.78, 5) is 4.40. The topological polar surface area (TPSA) is 56.7 Å². The van der Waals surface area contributed by atoms with E-state index >= 15 is 0 Å². The van der Waals surface area contributed by atoms with Crippen LogP contribution in [-0.4, -0.2) is 30.7 Å². The first-order valence-corrected chi connectivity index (χ1v) is 7.43. The van der Waals surface area contributed by atoms with Crippen molar-refractivity contribution in [2.75, 3.05) is 19.6 Å². The Kier molecular flexibility index (Phi) is 8.19. The second-order valence-corrected chi connectivity index (χ2v) is 4.87. The van der Waals surface area contributed by atoms with Gasteiger partial charge in [-0.15, -0.1) is 24.0 Å². The third-order valence-corrected chi connectivity index (χ3v) is 3.27. The van der Waals surface area contributed by atoms with Gasteiger partial charge in [0, 0.05) is 13.1 Å². The van der Waals surface area contributed by atoms with Crippen molar-refractivity contribution >= 4 is 40.7 Å². The SMILES string of the molecule is CCNC(=NCC(O)c1ccc2ccccc2c1)NCC.I. The van der Waals surface area contributed by atoms with Gasteiger partial charge in [-0.25, -0.2) is 0 Å². The van der Waals surface area contributed by atoms with E-state index in [4.69, 9.17) is 0 Å². The van der Waals surface area contributed by atoms with Crippen molar-refractivity contribution in [3.63, 3.8) is 0 Å². The monoisotopic (exact) mass is 413 g/mol. The molecule has 0 bridgehead atoms. The van der Waals surface area contributed by atoms with Gasteiger partial charge in [0.1, 0.15) is 0 Å². The van der Waals surface area contributed by atoms with Crippen molar-refractivity contribution in [3.05, 3.63) is 48.0 Å². The first kappa shape index (κ1) is 18.7. The van der Waals surface area contributed by atoms with Crippen molar-refractivity contribution in [3.8, 4) is 0 Å². The highest BCUT2D eigenvalue weighted by molar-refractivity contribution is 14.0. The minimum atomic E-state index is -0.595. The predicted molar refractivity (Wildman–Crippen MR) is 104 cm³/mol. The molecule has 0 aliphatic rings. The number of guanidine groups is 1.